The Hall–Kier alpha value is -2.50. The van der Waals surface area contributed by atoms with Crippen molar-refractivity contribution in [2.75, 3.05) is 37.5 Å². The highest BCUT2D eigenvalue weighted by atomic mass is 16.5. The average Bonchev–Trinajstić information content (AvgIpc) is 2.59. The maximum Gasteiger partial charge on any atom is 0.161 e. The highest BCUT2D eigenvalue weighted by Crippen LogP contribution is 2.34. The largest absolute Gasteiger partial charge is 0.493 e. The van der Waals surface area contributed by atoms with Crippen LogP contribution < -0.4 is 19.7 Å². The first kappa shape index (κ1) is 16.4. The Morgan fingerprint density at radius 1 is 1.08 bits per heavy atom. The van der Waals surface area contributed by atoms with E-state index in [1.807, 2.05) is 13.0 Å². The standard InChI is InChI=1S/C18H24N4O2/c1-5-19-17-10-18(21-12(2)20-17)22-7-6-13-8-15(23-3)16(24-4)9-14(13)11-22/h8-10H,5-7,11H2,1-4H3,(H,19,20,21). The summed E-state index contributed by atoms with van der Waals surface area (Å²) in [6.45, 7) is 6.56. The van der Waals surface area contributed by atoms with E-state index in [4.69, 9.17) is 9.47 Å². The number of fused-ring (bicyclic) bond motifs is 1. The fraction of sp³-hybridized carbons (Fsp3) is 0.444. The maximum absolute atomic E-state index is 5.43. The van der Waals surface area contributed by atoms with Crippen LogP contribution in [0.2, 0.25) is 0 Å². The minimum Gasteiger partial charge on any atom is -0.493 e. The van der Waals surface area contributed by atoms with Crippen LogP contribution in [-0.2, 0) is 13.0 Å². The lowest BCUT2D eigenvalue weighted by molar-refractivity contribution is 0.353. The van der Waals surface area contributed by atoms with Crippen molar-refractivity contribution in [3.63, 3.8) is 0 Å². The molecular formula is C18H24N4O2. The molecule has 128 valence electrons. The molecule has 1 aliphatic rings. The number of hydrogen-bond donors (Lipinski definition) is 1. The number of nitrogens with zero attached hydrogens (tertiary/aromatic N) is 3. The zero-order chi connectivity index (χ0) is 17.1. The zero-order valence-electron chi connectivity index (χ0n) is 14.7. The second-order valence-corrected chi connectivity index (χ2v) is 5.84. The lowest BCUT2D eigenvalue weighted by Gasteiger charge is -2.30. The third kappa shape index (κ3) is 3.22. The van der Waals surface area contributed by atoms with Gasteiger partial charge < -0.3 is 19.7 Å². The van der Waals surface area contributed by atoms with E-state index in [2.05, 4.69) is 39.2 Å². The number of benzene rings is 1. The summed E-state index contributed by atoms with van der Waals surface area (Å²) in [5, 5.41) is 3.27. The molecule has 6 nitrogen and oxygen atoms in total. The van der Waals surface area contributed by atoms with Gasteiger partial charge in [-0.2, -0.15) is 0 Å². The summed E-state index contributed by atoms with van der Waals surface area (Å²) >= 11 is 0. The molecule has 0 aliphatic carbocycles. The van der Waals surface area contributed by atoms with Crippen LogP contribution in [0.3, 0.4) is 0 Å². The molecule has 0 amide bonds. The van der Waals surface area contributed by atoms with E-state index < -0.39 is 0 Å². The number of aryl methyl sites for hydroxylation is 1. The van der Waals surface area contributed by atoms with Crippen molar-refractivity contribution in [3.05, 3.63) is 35.2 Å². The summed E-state index contributed by atoms with van der Waals surface area (Å²) in [7, 11) is 3.34. The van der Waals surface area contributed by atoms with Crippen LogP contribution in [0.4, 0.5) is 11.6 Å². The Kier molecular flexibility index (Phi) is 4.74. The Morgan fingerprint density at radius 2 is 1.79 bits per heavy atom. The van der Waals surface area contributed by atoms with Gasteiger partial charge in [0.2, 0.25) is 0 Å². The van der Waals surface area contributed by atoms with Crippen molar-refractivity contribution >= 4 is 11.6 Å². The molecule has 0 unspecified atom stereocenters. The number of ether oxygens (including phenoxy) is 2. The molecule has 1 N–H and O–H groups in total. The zero-order valence-corrected chi connectivity index (χ0v) is 14.7. The lowest BCUT2D eigenvalue weighted by Crippen LogP contribution is -2.31. The predicted octanol–water partition coefficient (Wildman–Crippen LogP) is 2.80. The van der Waals surface area contributed by atoms with Crippen molar-refractivity contribution in [3.8, 4) is 11.5 Å². The fourth-order valence-electron chi connectivity index (χ4n) is 3.06. The Morgan fingerprint density at radius 3 is 2.46 bits per heavy atom. The number of aromatic nitrogens is 2. The first-order valence-electron chi connectivity index (χ1n) is 8.23. The topological polar surface area (TPSA) is 59.5 Å². The van der Waals surface area contributed by atoms with E-state index in [0.29, 0.717) is 0 Å². The van der Waals surface area contributed by atoms with Gasteiger partial charge in [0.25, 0.3) is 0 Å². The van der Waals surface area contributed by atoms with E-state index in [9.17, 15) is 0 Å². The summed E-state index contributed by atoms with van der Waals surface area (Å²) in [6.07, 6.45) is 0.954. The highest BCUT2D eigenvalue weighted by Gasteiger charge is 2.21. The normalized spacial score (nSPS) is 13.4. The molecule has 24 heavy (non-hydrogen) atoms. The van der Waals surface area contributed by atoms with E-state index >= 15 is 0 Å². The van der Waals surface area contributed by atoms with E-state index in [0.717, 1.165) is 55.0 Å². The molecule has 2 heterocycles. The van der Waals surface area contributed by atoms with Crippen LogP contribution in [0, 0.1) is 6.92 Å². The molecule has 6 heteroatoms. The van der Waals surface area contributed by atoms with E-state index in [1.54, 1.807) is 14.2 Å². The second-order valence-electron chi connectivity index (χ2n) is 5.84. The van der Waals surface area contributed by atoms with Gasteiger partial charge in [-0.05, 0) is 43.5 Å². The van der Waals surface area contributed by atoms with Crippen molar-refractivity contribution in [2.45, 2.75) is 26.8 Å². The molecule has 0 saturated heterocycles. The summed E-state index contributed by atoms with van der Waals surface area (Å²) in [5.74, 6) is 4.17. The van der Waals surface area contributed by atoms with Gasteiger partial charge in [0, 0.05) is 25.7 Å². The van der Waals surface area contributed by atoms with Gasteiger partial charge in [-0.1, -0.05) is 0 Å². The van der Waals surface area contributed by atoms with Crippen molar-refractivity contribution in [1.82, 2.24) is 9.97 Å². The van der Waals surface area contributed by atoms with Gasteiger partial charge in [-0.3, -0.25) is 0 Å². The molecular weight excluding hydrogens is 304 g/mol. The smallest absolute Gasteiger partial charge is 0.161 e. The molecule has 2 aromatic rings. The summed E-state index contributed by atoms with van der Waals surface area (Å²) in [5.41, 5.74) is 2.56. The van der Waals surface area contributed by atoms with Crippen LogP contribution in [0.1, 0.15) is 23.9 Å². The van der Waals surface area contributed by atoms with Crippen LogP contribution >= 0.6 is 0 Å². The predicted molar refractivity (Wildman–Crippen MR) is 95.2 cm³/mol. The van der Waals surface area contributed by atoms with Crippen molar-refractivity contribution in [2.24, 2.45) is 0 Å². The van der Waals surface area contributed by atoms with Crippen LogP contribution in [0.5, 0.6) is 11.5 Å². The molecule has 3 rings (SSSR count). The summed E-state index contributed by atoms with van der Waals surface area (Å²) in [6, 6.07) is 6.17. The lowest BCUT2D eigenvalue weighted by atomic mass is 9.99. The van der Waals surface area contributed by atoms with Crippen LogP contribution in [0.15, 0.2) is 18.2 Å². The minimum atomic E-state index is 0.769. The molecule has 0 radical (unpaired) electrons. The molecule has 0 spiro atoms. The Bertz CT molecular complexity index is 733. The van der Waals surface area contributed by atoms with E-state index in [1.165, 1.54) is 11.1 Å². The maximum atomic E-state index is 5.43. The van der Waals surface area contributed by atoms with Gasteiger partial charge >= 0.3 is 0 Å². The van der Waals surface area contributed by atoms with Crippen LogP contribution in [0.25, 0.3) is 0 Å². The number of nitrogens with one attached hydrogen (secondary N) is 1. The number of methoxy groups -OCH3 is 2. The first-order chi connectivity index (χ1) is 11.6. The Balaban J connectivity index is 1.89. The third-order valence-corrected chi connectivity index (χ3v) is 4.22. The number of rotatable bonds is 5. The van der Waals surface area contributed by atoms with Gasteiger partial charge in [-0.15, -0.1) is 0 Å². The van der Waals surface area contributed by atoms with Crippen molar-refractivity contribution < 1.29 is 9.47 Å². The average molecular weight is 328 g/mol. The molecule has 0 fully saturated rings. The highest BCUT2D eigenvalue weighted by molar-refractivity contribution is 5.54. The molecule has 1 aromatic carbocycles. The fourth-order valence-corrected chi connectivity index (χ4v) is 3.06. The number of hydrogen-bond acceptors (Lipinski definition) is 6. The molecule has 0 saturated carbocycles. The van der Waals surface area contributed by atoms with Crippen LogP contribution in [-0.4, -0.2) is 37.3 Å². The second kappa shape index (κ2) is 6.95. The van der Waals surface area contributed by atoms with Crippen molar-refractivity contribution in [1.29, 1.82) is 0 Å². The van der Waals surface area contributed by atoms with Gasteiger partial charge in [0.15, 0.2) is 11.5 Å². The molecule has 0 bridgehead atoms. The number of anilines is 2. The monoisotopic (exact) mass is 328 g/mol. The van der Waals surface area contributed by atoms with Gasteiger partial charge in [0.1, 0.15) is 17.5 Å². The van der Waals surface area contributed by atoms with E-state index in [-0.39, 0.29) is 0 Å². The molecule has 1 aliphatic heterocycles. The summed E-state index contributed by atoms with van der Waals surface area (Å²) in [4.78, 5) is 11.3. The first-order valence-corrected chi connectivity index (χ1v) is 8.23. The molecule has 1 aromatic heterocycles. The third-order valence-electron chi connectivity index (χ3n) is 4.22. The minimum absolute atomic E-state index is 0.769. The van der Waals surface area contributed by atoms with Gasteiger partial charge in [0.05, 0.1) is 14.2 Å². The molecule has 0 atom stereocenters. The SMILES string of the molecule is CCNc1cc(N2CCc3cc(OC)c(OC)cc3C2)nc(C)n1. The summed E-state index contributed by atoms with van der Waals surface area (Å²) < 4.78 is 10.8. The Labute approximate surface area is 142 Å². The quantitative estimate of drug-likeness (QED) is 0.911. The van der Waals surface area contributed by atoms with Gasteiger partial charge in [-0.25, -0.2) is 9.97 Å².